The Morgan fingerprint density at radius 1 is 0.967 bits per heavy atom. The minimum absolute atomic E-state index is 0.0521. The van der Waals surface area contributed by atoms with Crippen LogP contribution in [0.1, 0.15) is 30.5 Å². The normalized spacial score (nSPS) is 14.1. The number of amides is 2. The summed E-state index contributed by atoms with van der Waals surface area (Å²) in [7, 11) is 1.54. The average molecular weight is 408 g/mol. The van der Waals surface area contributed by atoms with Gasteiger partial charge in [0.2, 0.25) is 0 Å². The van der Waals surface area contributed by atoms with Crippen LogP contribution in [0.2, 0.25) is 0 Å². The van der Waals surface area contributed by atoms with Gasteiger partial charge in [0.05, 0.1) is 24.8 Å². The van der Waals surface area contributed by atoms with Gasteiger partial charge in [-0.3, -0.25) is 14.5 Å². The van der Waals surface area contributed by atoms with Crippen LogP contribution < -0.4 is 10.1 Å². The molecule has 2 amide bonds. The van der Waals surface area contributed by atoms with E-state index in [2.05, 4.69) is 5.32 Å². The van der Waals surface area contributed by atoms with E-state index in [4.69, 9.17) is 9.47 Å². The Hall–Kier alpha value is -3.12. The maximum absolute atomic E-state index is 13.1. The van der Waals surface area contributed by atoms with Gasteiger partial charge in [-0.15, -0.1) is 0 Å². The number of nitrogens with zero attached hydrogens (tertiary/aromatic N) is 1. The summed E-state index contributed by atoms with van der Waals surface area (Å²) in [6.45, 7) is 8.42. The second-order valence-electron chi connectivity index (χ2n) is 7.62. The van der Waals surface area contributed by atoms with Crippen LogP contribution in [-0.4, -0.2) is 43.1 Å². The van der Waals surface area contributed by atoms with Crippen LogP contribution in [-0.2, 0) is 14.3 Å². The molecule has 0 fully saturated rings. The third-order valence-corrected chi connectivity index (χ3v) is 4.98. The monoisotopic (exact) mass is 408 g/mol. The van der Waals surface area contributed by atoms with Crippen molar-refractivity contribution in [2.45, 2.75) is 33.8 Å². The predicted molar refractivity (Wildman–Crippen MR) is 117 cm³/mol. The second-order valence-corrected chi connectivity index (χ2v) is 7.62. The second kappa shape index (κ2) is 9.13. The van der Waals surface area contributed by atoms with Crippen molar-refractivity contribution in [3.8, 4) is 5.75 Å². The van der Waals surface area contributed by atoms with Gasteiger partial charge < -0.3 is 14.8 Å². The van der Waals surface area contributed by atoms with Crippen LogP contribution in [0.15, 0.2) is 48.2 Å². The zero-order valence-electron chi connectivity index (χ0n) is 18.1. The number of benzene rings is 2. The molecular formula is C24H28N2O4. The molecule has 3 rings (SSSR count). The summed E-state index contributed by atoms with van der Waals surface area (Å²) in [5.74, 6) is 0.0275. The molecule has 0 saturated carbocycles. The molecule has 0 aromatic heterocycles. The Morgan fingerprint density at radius 3 is 2.27 bits per heavy atom. The fourth-order valence-corrected chi connectivity index (χ4v) is 3.28. The van der Waals surface area contributed by atoms with Crippen molar-refractivity contribution in [2.75, 3.05) is 25.6 Å². The first-order chi connectivity index (χ1) is 14.3. The van der Waals surface area contributed by atoms with Crippen molar-refractivity contribution in [1.29, 1.82) is 0 Å². The molecule has 1 N–H and O–H groups in total. The summed E-state index contributed by atoms with van der Waals surface area (Å²) in [4.78, 5) is 27.4. The zero-order valence-corrected chi connectivity index (χ0v) is 18.1. The molecule has 0 atom stereocenters. The Kier molecular flexibility index (Phi) is 6.57. The van der Waals surface area contributed by atoms with Crippen LogP contribution in [0.4, 0.5) is 5.69 Å². The van der Waals surface area contributed by atoms with Crippen molar-refractivity contribution < 1.29 is 19.1 Å². The number of carbonyl (C=O) groups excluding carboxylic acids is 2. The Balaban J connectivity index is 2.00. The molecule has 2 aromatic rings. The van der Waals surface area contributed by atoms with E-state index in [1.165, 1.54) is 4.90 Å². The summed E-state index contributed by atoms with van der Waals surface area (Å²) in [6.07, 6.45) is 0.0521. The van der Waals surface area contributed by atoms with E-state index in [1.54, 1.807) is 19.2 Å². The van der Waals surface area contributed by atoms with Gasteiger partial charge in [-0.25, -0.2) is 0 Å². The highest BCUT2D eigenvalue weighted by molar-refractivity contribution is 6.36. The van der Waals surface area contributed by atoms with E-state index < -0.39 is 0 Å². The summed E-state index contributed by atoms with van der Waals surface area (Å²) in [6, 6.07) is 13.1. The minimum Gasteiger partial charge on any atom is -0.491 e. The molecule has 6 nitrogen and oxygen atoms in total. The highest BCUT2D eigenvalue weighted by atomic mass is 16.5. The van der Waals surface area contributed by atoms with E-state index >= 15 is 0 Å². The van der Waals surface area contributed by atoms with Gasteiger partial charge in [0.25, 0.3) is 11.8 Å². The van der Waals surface area contributed by atoms with Crippen LogP contribution >= 0.6 is 0 Å². The van der Waals surface area contributed by atoms with E-state index in [1.807, 2.05) is 58.0 Å². The molecule has 1 heterocycles. The Morgan fingerprint density at radius 2 is 1.67 bits per heavy atom. The number of carbonyl (C=O) groups is 2. The quantitative estimate of drug-likeness (QED) is 0.671. The van der Waals surface area contributed by atoms with E-state index in [-0.39, 0.29) is 36.8 Å². The molecule has 0 unspecified atom stereocenters. The van der Waals surface area contributed by atoms with Gasteiger partial charge >= 0.3 is 0 Å². The molecule has 2 aromatic carbocycles. The standard InChI is InChI=1S/C24H28N2O4/c1-15(2)30-20-10-7-18(8-11-20)21-22(24(28)26(23(21)27)12-13-29-5)25-19-9-6-16(3)17(4)14-19/h6-11,14-15,25H,12-13H2,1-5H3. The van der Waals surface area contributed by atoms with E-state index in [0.29, 0.717) is 16.9 Å². The van der Waals surface area contributed by atoms with Gasteiger partial charge in [0.15, 0.2) is 0 Å². The van der Waals surface area contributed by atoms with Crippen LogP contribution in [0.25, 0.3) is 5.57 Å². The first-order valence-corrected chi connectivity index (χ1v) is 10.0. The number of hydrogen-bond donors (Lipinski definition) is 1. The average Bonchev–Trinajstić information content (AvgIpc) is 2.93. The number of aryl methyl sites for hydroxylation is 2. The lowest BCUT2D eigenvalue weighted by atomic mass is 10.0. The molecule has 6 heteroatoms. The third kappa shape index (κ3) is 4.54. The lowest BCUT2D eigenvalue weighted by Gasteiger charge is -2.14. The number of anilines is 1. The lowest BCUT2D eigenvalue weighted by molar-refractivity contribution is -0.137. The summed E-state index contributed by atoms with van der Waals surface area (Å²) in [5.41, 5.74) is 4.31. The van der Waals surface area contributed by atoms with Gasteiger partial charge in [-0.1, -0.05) is 18.2 Å². The summed E-state index contributed by atoms with van der Waals surface area (Å²) >= 11 is 0. The molecule has 30 heavy (non-hydrogen) atoms. The Labute approximate surface area is 177 Å². The molecule has 0 radical (unpaired) electrons. The van der Waals surface area contributed by atoms with E-state index in [9.17, 15) is 9.59 Å². The zero-order chi connectivity index (χ0) is 21.8. The SMILES string of the molecule is COCCN1C(=O)C(Nc2ccc(C)c(C)c2)=C(c2ccc(OC(C)C)cc2)C1=O. The highest BCUT2D eigenvalue weighted by Crippen LogP contribution is 2.31. The van der Waals surface area contributed by atoms with Crippen molar-refractivity contribution in [3.05, 3.63) is 64.9 Å². The molecule has 0 aliphatic carbocycles. The molecule has 0 spiro atoms. The molecule has 1 aliphatic heterocycles. The topological polar surface area (TPSA) is 67.9 Å². The van der Waals surface area contributed by atoms with Crippen LogP contribution in [0, 0.1) is 13.8 Å². The van der Waals surface area contributed by atoms with Gasteiger partial charge in [-0.05, 0) is 68.7 Å². The molecule has 1 aliphatic rings. The van der Waals surface area contributed by atoms with Crippen LogP contribution in [0.5, 0.6) is 5.75 Å². The first kappa shape index (κ1) is 21.6. The first-order valence-electron chi connectivity index (χ1n) is 10.0. The highest BCUT2D eigenvalue weighted by Gasteiger charge is 2.39. The number of nitrogens with one attached hydrogen (secondary N) is 1. The smallest absolute Gasteiger partial charge is 0.278 e. The van der Waals surface area contributed by atoms with Crippen molar-refractivity contribution >= 4 is 23.1 Å². The Bertz CT molecular complexity index is 977. The third-order valence-electron chi connectivity index (χ3n) is 4.98. The van der Waals surface area contributed by atoms with Crippen molar-refractivity contribution in [2.24, 2.45) is 0 Å². The number of hydrogen-bond acceptors (Lipinski definition) is 5. The number of ether oxygens (including phenoxy) is 2. The fourth-order valence-electron chi connectivity index (χ4n) is 3.28. The summed E-state index contributed by atoms with van der Waals surface area (Å²) < 4.78 is 10.8. The van der Waals surface area contributed by atoms with Crippen molar-refractivity contribution in [3.63, 3.8) is 0 Å². The molecular weight excluding hydrogens is 380 g/mol. The molecule has 0 saturated heterocycles. The lowest BCUT2D eigenvalue weighted by Crippen LogP contribution is -2.35. The van der Waals surface area contributed by atoms with Crippen LogP contribution in [0.3, 0.4) is 0 Å². The van der Waals surface area contributed by atoms with Crippen molar-refractivity contribution in [1.82, 2.24) is 4.90 Å². The molecule has 158 valence electrons. The van der Waals surface area contributed by atoms with Gasteiger partial charge in [0, 0.05) is 12.8 Å². The number of methoxy groups -OCH3 is 1. The predicted octanol–water partition coefficient (Wildman–Crippen LogP) is 3.93. The summed E-state index contributed by atoms with van der Waals surface area (Å²) in [5, 5.41) is 3.19. The number of imide groups is 1. The maximum atomic E-state index is 13.1. The fraction of sp³-hybridized carbons (Fsp3) is 0.333. The molecule has 0 bridgehead atoms. The van der Waals surface area contributed by atoms with E-state index in [0.717, 1.165) is 16.8 Å². The van der Waals surface area contributed by atoms with Gasteiger partial charge in [0.1, 0.15) is 11.4 Å². The maximum Gasteiger partial charge on any atom is 0.278 e. The minimum atomic E-state index is -0.354. The largest absolute Gasteiger partial charge is 0.491 e. The van der Waals surface area contributed by atoms with Gasteiger partial charge in [-0.2, -0.15) is 0 Å². The number of rotatable bonds is 8.